The number of likely N-dealkylation sites (tertiary alicyclic amines) is 1. The van der Waals surface area contributed by atoms with E-state index in [1.165, 1.54) is 30.4 Å². The first kappa shape index (κ1) is 14.4. The van der Waals surface area contributed by atoms with Crippen LogP contribution in [0.3, 0.4) is 0 Å². The Bertz CT molecular complexity index is 505. The Morgan fingerprint density at radius 2 is 1.57 bits per heavy atom. The highest BCUT2D eigenvalue weighted by atomic mass is 16.6. The molecule has 0 atom stereocenters. The fourth-order valence-electron chi connectivity index (χ4n) is 2.95. The molecule has 114 valence electrons. The van der Waals surface area contributed by atoms with E-state index in [9.17, 15) is 4.79 Å². The highest BCUT2D eigenvalue weighted by molar-refractivity contribution is 5.69. The van der Waals surface area contributed by atoms with Crippen LogP contribution in [-0.2, 0) is 4.74 Å². The summed E-state index contributed by atoms with van der Waals surface area (Å²) in [6, 6.07) is 9.03. The van der Waals surface area contributed by atoms with E-state index in [4.69, 9.17) is 4.74 Å². The molecule has 1 aromatic rings. The number of rotatable bonds is 2. The topological polar surface area (TPSA) is 29.5 Å². The normalized spacial score (nSPS) is 19.9. The zero-order chi connectivity index (χ0) is 15.0. The summed E-state index contributed by atoms with van der Waals surface area (Å²) < 4.78 is 5.39. The van der Waals surface area contributed by atoms with Gasteiger partial charge >= 0.3 is 6.09 Å². The van der Waals surface area contributed by atoms with Gasteiger partial charge in [-0.3, -0.25) is 0 Å². The van der Waals surface area contributed by atoms with Gasteiger partial charge in [-0.05, 0) is 50.7 Å². The summed E-state index contributed by atoms with van der Waals surface area (Å²) in [6.45, 7) is 7.26. The van der Waals surface area contributed by atoms with E-state index in [0.29, 0.717) is 5.92 Å². The maximum Gasteiger partial charge on any atom is 0.410 e. The Balaban J connectivity index is 1.52. The van der Waals surface area contributed by atoms with Crippen molar-refractivity contribution in [3.63, 3.8) is 0 Å². The Hall–Kier alpha value is -1.51. The van der Waals surface area contributed by atoms with Crippen molar-refractivity contribution >= 4 is 6.09 Å². The number of hydrogen-bond donors (Lipinski definition) is 0. The van der Waals surface area contributed by atoms with Gasteiger partial charge in [0.2, 0.25) is 0 Å². The van der Waals surface area contributed by atoms with Gasteiger partial charge < -0.3 is 9.64 Å². The van der Waals surface area contributed by atoms with Crippen molar-refractivity contribution in [1.29, 1.82) is 0 Å². The zero-order valence-electron chi connectivity index (χ0n) is 13.3. The molecule has 0 bridgehead atoms. The Morgan fingerprint density at radius 1 is 1.05 bits per heavy atom. The van der Waals surface area contributed by atoms with Crippen molar-refractivity contribution < 1.29 is 9.53 Å². The van der Waals surface area contributed by atoms with E-state index in [1.807, 2.05) is 20.8 Å². The smallest absolute Gasteiger partial charge is 0.410 e. The number of amides is 1. The lowest BCUT2D eigenvalue weighted by molar-refractivity contribution is 0.00819. The second-order valence-corrected chi connectivity index (χ2v) is 7.38. The lowest BCUT2D eigenvalue weighted by atomic mass is 9.79. The van der Waals surface area contributed by atoms with Gasteiger partial charge in [0.1, 0.15) is 5.60 Å². The highest BCUT2D eigenvalue weighted by Crippen LogP contribution is 2.37. The van der Waals surface area contributed by atoms with Crippen LogP contribution >= 0.6 is 0 Å². The van der Waals surface area contributed by atoms with Crippen molar-refractivity contribution in [2.75, 3.05) is 13.1 Å². The molecule has 3 nitrogen and oxygen atoms in total. The number of nitrogens with zero attached hydrogens (tertiary/aromatic N) is 1. The third-order valence-corrected chi connectivity index (χ3v) is 4.52. The molecule has 1 aliphatic carbocycles. The molecule has 0 unspecified atom stereocenters. The SMILES string of the molecule is CC(C)(C)OC(=O)N1CC(c2ccc(C3CCC3)cc2)C1. The maximum absolute atomic E-state index is 11.9. The minimum absolute atomic E-state index is 0.190. The van der Waals surface area contributed by atoms with Gasteiger partial charge in [-0.15, -0.1) is 0 Å². The van der Waals surface area contributed by atoms with Crippen molar-refractivity contribution in [2.45, 2.75) is 57.5 Å². The van der Waals surface area contributed by atoms with Gasteiger partial charge in [-0.1, -0.05) is 30.7 Å². The van der Waals surface area contributed by atoms with Crippen LogP contribution in [0, 0.1) is 0 Å². The minimum atomic E-state index is -0.410. The van der Waals surface area contributed by atoms with Crippen LogP contribution in [0.15, 0.2) is 24.3 Å². The number of benzene rings is 1. The molecule has 1 saturated heterocycles. The van der Waals surface area contributed by atoms with E-state index < -0.39 is 5.60 Å². The van der Waals surface area contributed by atoms with Gasteiger partial charge in [0.25, 0.3) is 0 Å². The van der Waals surface area contributed by atoms with Crippen molar-refractivity contribution in [1.82, 2.24) is 4.90 Å². The monoisotopic (exact) mass is 287 g/mol. The zero-order valence-corrected chi connectivity index (χ0v) is 13.3. The summed E-state index contributed by atoms with van der Waals surface area (Å²) in [4.78, 5) is 13.7. The molecule has 0 spiro atoms. The molecule has 0 N–H and O–H groups in total. The molecule has 1 aromatic carbocycles. The predicted molar refractivity (Wildman–Crippen MR) is 83.6 cm³/mol. The third kappa shape index (κ3) is 3.22. The summed E-state index contributed by atoms with van der Waals surface area (Å²) in [7, 11) is 0. The molecule has 1 heterocycles. The average molecular weight is 287 g/mol. The van der Waals surface area contributed by atoms with E-state index >= 15 is 0 Å². The van der Waals surface area contributed by atoms with Crippen molar-refractivity contribution in [2.24, 2.45) is 0 Å². The minimum Gasteiger partial charge on any atom is -0.444 e. The maximum atomic E-state index is 11.9. The van der Waals surface area contributed by atoms with Crippen LogP contribution in [0.2, 0.25) is 0 Å². The molecule has 0 aromatic heterocycles. The van der Waals surface area contributed by atoms with Gasteiger partial charge in [0.05, 0.1) is 0 Å². The van der Waals surface area contributed by atoms with Crippen LogP contribution in [0.1, 0.15) is 63.0 Å². The third-order valence-electron chi connectivity index (χ3n) is 4.52. The molecule has 1 aliphatic heterocycles. The fourth-order valence-corrected chi connectivity index (χ4v) is 2.95. The van der Waals surface area contributed by atoms with Crippen LogP contribution in [0.5, 0.6) is 0 Å². The summed E-state index contributed by atoms with van der Waals surface area (Å²) >= 11 is 0. The molecule has 1 amide bonds. The first-order valence-corrected chi connectivity index (χ1v) is 8.00. The second kappa shape index (κ2) is 5.36. The van der Waals surface area contributed by atoms with Gasteiger partial charge in [0, 0.05) is 19.0 Å². The number of carbonyl (C=O) groups excluding carboxylic acids is 1. The number of hydrogen-bond acceptors (Lipinski definition) is 2. The molecule has 2 aliphatic rings. The molecular weight excluding hydrogens is 262 g/mol. The molecular formula is C18H25NO2. The number of carbonyl (C=O) groups is 1. The van der Waals surface area contributed by atoms with Crippen LogP contribution in [0.25, 0.3) is 0 Å². The van der Waals surface area contributed by atoms with Crippen LogP contribution < -0.4 is 0 Å². The first-order chi connectivity index (χ1) is 9.92. The van der Waals surface area contributed by atoms with Crippen LogP contribution in [-0.4, -0.2) is 29.7 Å². The molecule has 3 heteroatoms. The molecule has 3 rings (SSSR count). The van der Waals surface area contributed by atoms with E-state index in [1.54, 1.807) is 4.90 Å². The second-order valence-electron chi connectivity index (χ2n) is 7.38. The summed E-state index contributed by atoms with van der Waals surface area (Å²) in [6.07, 6.45) is 3.87. The summed E-state index contributed by atoms with van der Waals surface area (Å²) in [5.41, 5.74) is 2.42. The standard InChI is InChI=1S/C18H25NO2/c1-18(2,3)21-17(20)19-11-16(12-19)15-9-7-14(8-10-15)13-5-4-6-13/h7-10,13,16H,4-6,11-12H2,1-3H3. The molecule has 1 saturated carbocycles. The largest absolute Gasteiger partial charge is 0.444 e. The average Bonchev–Trinajstić information content (AvgIpc) is 2.24. The Morgan fingerprint density at radius 3 is 2.00 bits per heavy atom. The fraction of sp³-hybridized carbons (Fsp3) is 0.611. The Kier molecular flexibility index (Phi) is 3.68. The van der Waals surface area contributed by atoms with E-state index in [-0.39, 0.29) is 6.09 Å². The quantitative estimate of drug-likeness (QED) is 0.812. The summed E-state index contributed by atoms with van der Waals surface area (Å²) in [5.74, 6) is 1.26. The molecule has 0 radical (unpaired) electrons. The lowest BCUT2D eigenvalue weighted by Gasteiger charge is -2.40. The summed E-state index contributed by atoms with van der Waals surface area (Å²) in [5, 5.41) is 0. The predicted octanol–water partition coefficient (Wildman–Crippen LogP) is 4.29. The van der Waals surface area contributed by atoms with Crippen molar-refractivity contribution in [3.8, 4) is 0 Å². The van der Waals surface area contributed by atoms with Gasteiger partial charge in [-0.2, -0.15) is 0 Å². The molecule has 2 fully saturated rings. The first-order valence-electron chi connectivity index (χ1n) is 8.00. The highest BCUT2D eigenvalue weighted by Gasteiger charge is 2.34. The van der Waals surface area contributed by atoms with E-state index in [2.05, 4.69) is 24.3 Å². The van der Waals surface area contributed by atoms with Gasteiger partial charge in [0.15, 0.2) is 0 Å². The van der Waals surface area contributed by atoms with E-state index in [0.717, 1.165) is 19.0 Å². The van der Waals surface area contributed by atoms with Gasteiger partial charge in [-0.25, -0.2) is 4.79 Å². The Labute approximate surface area is 127 Å². The number of ether oxygens (including phenoxy) is 1. The van der Waals surface area contributed by atoms with Crippen molar-refractivity contribution in [3.05, 3.63) is 35.4 Å². The lowest BCUT2D eigenvalue weighted by Crippen LogP contribution is -2.50. The molecule has 21 heavy (non-hydrogen) atoms. The van der Waals surface area contributed by atoms with Crippen LogP contribution in [0.4, 0.5) is 4.79 Å².